The highest BCUT2D eigenvalue weighted by atomic mass is 35.5. The zero-order chi connectivity index (χ0) is 19.4. The first-order valence-electron chi connectivity index (χ1n) is 7.94. The number of alkyl halides is 3. The Labute approximate surface area is 161 Å². The van der Waals surface area contributed by atoms with E-state index in [1.165, 1.54) is 35.6 Å². The summed E-state index contributed by atoms with van der Waals surface area (Å²) in [6, 6.07) is 5.83. The fraction of sp³-hybridized carbons (Fsp3) is 0.235. The number of rotatable bonds is 6. The molecule has 1 amide bonds. The van der Waals surface area contributed by atoms with Crippen molar-refractivity contribution in [2.75, 3.05) is 6.54 Å². The topological polar surface area (TPSA) is 59.8 Å². The summed E-state index contributed by atoms with van der Waals surface area (Å²) in [4.78, 5) is 16.4. The van der Waals surface area contributed by atoms with Gasteiger partial charge in [0, 0.05) is 29.6 Å². The quantitative estimate of drug-likeness (QED) is 0.609. The highest BCUT2D eigenvalue weighted by Gasteiger charge is 2.40. The fourth-order valence-electron chi connectivity index (χ4n) is 2.50. The first-order valence-corrected chi connectivity index (χ1v) is 9.20. The Morgan fingerprint density at radius 1 is 1.33 bits per heavy atom. The minimum atomic E-state index is -4.76. The van der Waals surface area contributed by atoms with Crippen LogP contribution in [0.2, 0.25) is 5.02 Å². The van der Waals surface area contributed by atoms with Gasteiger partial charge in [0.25, 0.3) is 5.91 Å². The van der Waals surface area contributed by atoms with E-state index in [1.54, 1.807) is 6.20 Å². The Morgan fingerprint density at radius 2 is 2.15 bits per heavy atom. The van der Waals surface area contributed by atoms with Gasteiger partial charge in [-0.1, -0.05) is 17.7 Å². The van der Waals surface area contributed by atoms with Crippen LogP contribution in [0.3, 0.4) is 0 Å². The van der Waals surface area contributed by atoms with Gasteiger partial charge in [0.1, 0.15) is 0 Å². The molecule has 0 aliphatic heterocycles. The van der Waals surface area contributed by atoms with Crippen molar-refractivity contribution >= 4 is 28.8 Å². The smallest absolute Gasteiger partial charge is 0.352 e. The molecule has 0 saturated heterocycles. The number of nitrogens with one attached hydrogen (secondary N) is 1. The fourth-order valence-corrected chi connectivity index (χ4v) is 3.35. The monoisotopic (exact) mass is 414 g/mol. The number of hydrogen-bond donors (Lipinski definition) is 1. The summed E-state index contributed by atoms with van der Waals surface area (Å²) in [7, 11) is 0. The third-order valence-corrected chi connectivity index (χ3v) is 4.75. The van der Waals surface area contributed by atoms with Crippen molar-refractivity contribution in [3.63, 3.8) is 0 Å². The van der Waals surface area contributed by atoms with Crippen molar-refractivity contribution < 1.29 is 18.0 Å². The second-order valence-electron chi connectivity index (χ2n) is 5.58. The molecular formula is C17H14ClF3N4OS. The molecule has 0 aliphatic carbocycles. The first kappa shape index (κ1) is 19.4. The molecule has 1 N–H and O–H groups in total. The van der Waals surface area contributed by atoms with E-state index in [1.807, 2.05) is 5.38 Å². The number of halogens is 4. The molecule has 3 rings (SSSR count). The van der Waals surface area contributed by atoms with Crippen LogP contribution in [0.5, 0.6) is 0 Å². The molecule has 5 nitrogen and oxygen atoms in total. The summed E-state index contributed by atoms with van der Waals surface area (Å²) in [6.45, 7) is 0.234. The molecule has 0 fully saturated rings. The number of carbonyl (C=O) groups is 1. The highest BCUT2D eigenvalue weighted by Crippen LogP contribution is 2.34. The number of amides is 1. The molecule has 3 aromatic rings. The summed E-state index contributed by atoms with van der Waals surface area (Å²) in [5.74, 6) is -0.824. The van der Waals surface area contributed by atoms with E-state index in [9.17, 15) is 18.0 Å². The van der Waals surface area contributed by atoms with E-state index < -0.39 is 23.3 Å². The van der Waals surface area contributed by atoms with Gasteiger partial charge in [-0.05, 0) is 24.6 Å². The minimum Gasteiger partial charge on any atom is -0.352 e. The third kappa shape index (κ3) is 4.67. The molecule has 2 aromatic heterocycles. The molecule has 0 radical (unpaired) electrons. The van der Waals surface area contributed by atoms with E-state index in [4.69, 9.17) is 11.6 Å². The average Bonchev–Trinajstić information content (AvgIpc) is 3.27. The summed E-state index contributed by atoms with van der Waals surface area (Å²) in [6.07, 6.45) is -0.945. The molecular weight excluding hydrogens is 401 g/mol. The summed E-state index contributed by atoms with van der Waals surface area (Å²) in [5.41, 5.74) is -1.54. The molecule has 142 valence electrons. The number of aromatic nitrogens is 3. The molecule has 10 heteroatoms. The third-order valence-electron chi connectivity index (χ3n) is 3.67. The van der Waals surface area contributed by atoms with Gasteiger partial charge in [-0.3, -0.25) is 4.79 Å². The van der Waals surface area contributed by atoms with Crippen LogP contribution in [-0.4, -0.2) is 27.2 Å². The van der Waals surface area contributed by atoms with Gasteiger partial charge in [-0.15, -0.1) is 11.3 Å². The van der Waals surface area contributed by atoms with Crippen molar-refractivity contribution in [2.45, 2.75) is 19.0 Å². The van der Waals surface area contributed by atoms with Crippen LogP contribution in [0.25, 0.3) is 5.69 Å². The van der Waals surface area contributed by atoms with E-state index in [2.05, 4.69) is 15.4 Å². The van der Waals surface area contributed by atoms with Gasteiger partial charge < -0.3 is 5.32 Å². The molecule has 0 saturated carbocycles. The van der Waals surface area contributed by atoms with Gasteiger partial charge in [-0.2, -0.15) is 18.3 Å². The van der Waals surface area contributed by atoms with Crippen LogP contribution in [-0.2, 0) is 12.6 Å². The lowest BCUT2D eigenvalue weighted by Crippen LogP contribution is -2.27. The predicted molar refractivity (Wildman–Crippen MR) is 96.3 cm³/mol. The predicted octanol–water partition coefficient (Wildman–Crippen LogP) is 4.36. The number of aryl methyl sites for hydroxylation is 1. The zero-order valence-electron chi connectivity index (χ0n) is 13.8. The Bertz CT molecular complexity index is 925. The Hall–Kier alpha value is -2.39. The normalized spacial score (nSPS) is 11.6. The lowest BCUT2D eigenvalue weighted by molar-refractivity contribution is -0.143. The lowest BCUT2D eigenvalue weighted by Gasteiger charge is -2.13. The molecule has 1 aromatic carbocycles. The molecule has 0 spiro atoms. The van der Waals surface area contributed by atoms with E-state index in [0.717, 1.165) is 11.2 Å². The SMILES string of the molecule is O=C(NCCCc1nccs1)c1cnn(-c2cccc(Cl)c2)c1C(F)(F)F. The summed E-state index contributed by atoms with van der Waals surface area (Å²) >= 11 is 7.34. The summed E-state index contributed by atoms with van der Waals surface area (Å²) < 4.78 is 41.4. The van der Waals surface area contributed by atoms with Gasteiger partial charge in [0.05, 0.1) is 22.5 Å². The van der Waals surface area contributed by atoms with Gasteiger partial charge in [-0.25, -0.2) is 9.67 Å². The van der Waals surface area contributed by atoms with E-state index in [-0.39, 0.29) is 17.3 Å². The van der Waals surface area contributed by atoms with Crippen LogP contribution in [0, 0.1) is 0 Å². The maximum atomic E-state index is 13.6. The van der Waals surface area contributed by atoms with Gasteiger partial charge in [0.2, 0.25) is 0 Å². The van der Waals surface area contributed by atoms with Crippen molar-refractivity contribution in [1.29, 1.82) is 0 Å². The van der Waals surface area contributed by atoms with Crippen LogP contribution in [0.1, 0.15) is 27.5 Å². The van der Waals surface area contributed by atoms with Crippen LogP contribution in [0.4, 0.5) is 13.2 Å². The van der Waals surface area contributed by atoms with E-state index in [0.29, 0.717) is 17.5 Å². The van der Waals surface area contributed by atoms with Gasteiger partial charge >= 0.3 is 6.18 Å². The molecule has 0 aliphatic rings. The number of benzene rings is 1. The van der Waals surface area contributed by atoms with Crippen molar-refractivity contribution in [3.8, 4) is 5.69 Å². The maximum absolute atomic E-state index is 13.6. The highest BCUT2D eigenvalue weighted by molar-refractivity contribution is 7.09. The largest absolute Gasteiger partial charge is 0.434 e. The van der Waals surface area contributed by atoms with Crippen LogP contribution < -0.4 is 5.32 Å². The Balaban J connectivity index is 1.77. The number of carbonyl (C=O) groups excluding carboxylic acids is 1. The molecule has 0 atom stereocenters. The number of nitrogens with zero attached hydrogens (tertiary/aromatic N) is 3. The Morgan fingerprint density at radius 3 is 2.81 bits per heavy atom. The molecule has 27 heavy (non-hydrogen) atoms. The standard InChI is InChI=1S/C17H14ClF3N4OS/c18-11-3-1-4-12(9-11)25-15(17(19,20)21)13(10-24-25)16(26)23-6-2-5-14-22-7-8-27-14/h1,3-4,7-10H,2,5-6H2,(H,23,26). The summed E-state index contributed by atoms with van der Waals surface area (Å²) in [5, 5.41) is 9.28. The number of thiazole rings is 1. The van der Waals surface area contributed by atoms with Gasteiger partial charge in [0.15, 0.2) is 5.69 Å². The van der Waals surface area contributed by atoms with Crippen molar-refractivity contribution in [2.24, 2.45) is 0 Å². The second-order valence-corrected chi connectivity index (χ2v) is 7.00. The lowest BCUT2D eigenvalue weighted by atomic mass is 10.2. The van der Waals surface area contributed by atoms with E-state index >= 15 is 0 Å². The maximum Gasteiger partial charge on any atom is 0.434 e. The van der Waals surface area contributed by atoms with Crippen LogP contribution in [0.15, 0.2) is 42.0 Å². The molecule has 2 heterocycles. The Kier molecular flexibility index (Phi) is 5.81. The second kappa shape index (κ2) is 8.10. The zero-order valence-corrected chi connectivity index (χ0v) is 15.4. The molecule has 0 unspecified atom stereocenters. The number of hydrogen-bond acceptors (Lipinski definition) is 4. The van der Waals surface area contributed by atoms with Crippen LogP contribution >= 0.6 is 22.9 Å². The average molecular weight is 415 g/mol. The first-order chi connectivity index (χ1) is 12.9. The minimum absolute atomic E-state index is 0.123. The van der Waals surface area contributed by atoms with Crippen molar-refractivity contribution in [1.82, 2.24) is 20.1 Å². The van der Waals surface area contributed by atoms with Crippen molar-refractivity contribution in [3.05, 3.63) is 63.3 Å². The molecule has 0 bridgehead atoms.